The first kappa shape index (κ1) is 11.0. The minimum absolute atomic E-state index is 0.158. The van der Waals surface area contributed by atoms with E-state index >= 15 is 0 Å². The lowest BCUT2D eigenvalue weighted by atomic mass is 10.1. The molecule has 2 rings (SSSR count). The van der Waals surface area contributed by atoms with E-state index in [2.05, 4.69) is 6.07 Å². The topological polar surface area (TPSA) is 42.2 Å². The Labute approximate surface area is 95.6 Å². The molecule has 1 saturated heterocycles. The van der Waals surface area contributed by atoms with E-state index in [1.54, 1.807) is 0 Å². The highest BCUT2D eigenvalue weighted by molar-refractivity contribution is 5.47. The van der Waals surface area contributed by atoms with Gasteiger partial charge in [-0.25, -0.2) is 0 Å². The lowest BCUT2D eigenvalue weighted by Crippen LogP contribution is -2.17. The normalized spacial score (nSPS) is 19.4. The third-order valence-corrected chi connectivity index (χ3v) is 2.76. The van der Waals surface area contributed by atoms with Crippen LogP contribution in [0.15, 0.2) is 12.1 Å². The minimum Gasteiger partial charge on any atom is -0.487 e. The van der Waals surface area contributed by atoms with Gasteiger partial charge in [0.25, 0.3) is 0 Å². The summed E-state index contributed by atoms with van der Waals surface area (Å²) in [6.45, 7) is 5.38. The van der Waals surface area contributed by atoms with Crippen molar-refractivity contribution < 1.29 is 9.47 Å². The smallest absolute Gasteiger partial charge is 0.125 e. The lowest BCUT2D eigenvalue weighted by molar-refractivity contribution is 0.140. The Bertz CT molecular complexity index is 405. The molecule has 84 valence electrons. The number of nitriles is 1. The fourth-order valence-corrected chi connectivity index (χ4v) is 1.97. The number of rotatable bonds is 2. The van der Waals surface area contributed by atoms with Crippen LogP contribution in [0.4, 0.5) is 0 Å². The van der Waals surface area contributed by atoms with Crippen molar-refractivity contribution in [3.63, 3.8) is 0 Å². The zero-order valence-corrected chi connectivity index (χ0v) is 9.62. The second kappa shape index (κ2) is 4.54. The van der Waals surface area contributed by atoms with E-state index in [0.717, 1.165) is 29.9 Å². The predicted molar refractivity (Wildman–Crippen MR) is 60.5 cm³/mol. The van der Waals surface area contributed by atoms with Crippen molar-refractivity contribution >= 4 is 0 Å². The third-order valence-electron chi connectivity index (χ3n) is 2.76. The molecule has 0 N–H and O–H groups in total. The highest BCUT2D eigenvalue weighted by Crippen LogP contribution is 2.27. The first-order valence-corrected chi connectivity index (χ1v) is 5.46. The molecule has 1 fully saturated rings. The second-order valence-corrected chi connectivity index (χ2v) is 4.15. The van der Waals surface area contributed by atoms with Crippen molar-refractivity contribution in [3.05, 3.63) is 28.8 Å². The first-order valence-electron chi connectivity index (χ1n) is 5.46. The Morgan fingerprint density at radius 1 is 1.38 bits per heavy atom. The highest BCUT2D eigenvalue weighted by Gasteiger charge is 2.19. The Morgan fingerprint density at radius 2 is 2.06 bits per heavy atom. The van der Waals surface area contributed by atoms with Crippen LogP contribution in [0.5, 0.6) is 5.75 Å². The van der Waals surface area contributed by atoms with Gasteiger partial charge in [-0.2, -0.15) is 5.26 Å². The molecule has 1 unspecified atom stereocenters. The lowest BCUT2D eigenvalue weighted by Gasteiger charge is -2.16. The number of nitrogens with zero attached hydrogens (tertiary/aromatic N) is 1. The molecule has 0 saturated carbocycles. The van der Waals surface area contributed by atoms with Crippen LogP contribution in [0.3, 0.4) is 0 Å². The van der Waals surface area contributed by atoms with Gasteiger partial charge < -0.3 is 9.47 Å². The van der Waals surface area contributed by atoms with Crippen LogP contribution in [0.1, 0.15) is 23.1 Å². The zero-order chi connectivity index (χ0) is 11.5. The molecule has 3 nitrogen and oxygen atoms in total. The third kappa shape index (κ3) is 2.17. The molecule has 0 aromatic heterocycles. The van der Waals surface area contributed by atoms with E-state index in [4.69, 9.17) is 14.7 Å². The van der Waals surface area contributed by atoms with Crippen molar-refractivity contribution in [1.82, 2.24) is 0 Å². The van der Waals surface area contributed by atoms with Crippen molar-refractivity contribution in [2.24, 2.45) is 0 Å². The molecule has 16 heavy (non-hydrogen) atoms. The fourth-order valence-electron chi connectivity index (χ4n) is 1.97. The Kier molecular flexibility index (Phi) is 3.12. The van der Waals surface area contributed by atoms with Crippen LogP contribution in [-0.4, -0.2) is 19.3 Å². The first-order chi connectivity index (χ1) is 7.70. The summed E-state index contributed by atoms with van der Waals surface area (Å²) in [4.78, 5) is 0. The van der Waals surface area contributed by atoms with Gasteiger partial charge in [0.1, 0.15) is 11.9 Å². The van der Waals surface area contributed by atoms with Gasteiger partial charge >= 0.3 is 0 Å². The summed E-state index contributed by atoms with van der Waals surface area (Å²) in [5.74, 6) is 0.898. The van der Waals surface area contributed by atoms with Crippen molar-refractivity contribution in [2.45, 2.75) is 26.4 Å². The molecule has 0 aliphatic carbocycles. The van der Waals surface area contributed by atoms with Crippen LogP contribution >= 0.6 is 0 Å². The maximum absolute atomic E-state index is 8.85. The molecule has 0 radical (unpaired) electrons. The van der Waals surface area contributed by atoms with Crippen LogP contribution in [-0.2, 0) is 4.74 Å². The van der Waals surface area contributed by atoms with Crippen LogP contribution in [0, 0.1) is 25.2 Å². The minimum atomic E-state index is 0.158. The van der Waals surface area contributed by atoms with E-state index < -0.39 is 0 Å². The quantitative estimate of drug-likeness (QED) is 0.763. The molecule has 0 amide bonds. The molecule has 1 atom stereocenters. The number of benzene rings is 1. The summed E-state index contributed by atoms with van der Waals surface area (Å²) in [6.07, 6.45) is 1.10. The van der Waals surface area contributed by atoms with Crippen LogP contribution in [0.2, 0.25) is 0 Å². The number of hydrogen-bond donors (Lipinski definition) is 0. The maximum atomic E-state index is 8.85. The maximum Gasteiger partial charge on any atom is 0.125 e. The predicted octanol–water partition coefficient (Wildman–Crippen LogP) is 2.34. The van der Waals surface area contributed by atoms with E-state index in [1.807, 2.05) is 26.0 Å². The number of hydrogen-bond acceptors (Lipinski definition) is 3. The second-order valence-electron chi connectivity index (χ2n) is 4.15. The zero-order valence-electron chi connectivity index (χ0n) is 9.62. The average Bonchev–Trinajstić information content (AvgIpc) is 2.75. The summed E-state index contributed by atoms with van der Waals surface area (Å²) in [5, 5.41) is 8.85. The van der Waals surface area contributed by atoms with Crippen molar-refractivity contribution in [2.75, 3.05) is 13.2 Å². The molecule has 1 aliphatic rings. The standard InChI is InChI=1S/C13H15NO2/c1-9-5-11(7-14)6-10(2)13(9)16-12-3-4-15-8-12/h5-6,12H,3-4,8H2,1-2H3. The van der Waals surface area contributed by atoms with Gasteiger partial charge in [0.2, 0.25) is 0 Å². The van der Waals surface area contributed by atoms with E-state index in [9.17, 15) is 0 Å². The molecule has 3 heteroatoms. The summed E-state index contributed by atoms with van der Waals surface area (Å²) in [7, 11) is 0. The Balaban J connectivity index is 2.23. The molecule has 0 bridgehead atoms. The molecule has 1 aromatic carbocycles. The fraction of sp³-hybridized carbons (Fsp3) is 0.462. The van der Waals surface area contributed by atoms with Crippen LogP contribution < -0.4 is 4.74 Å². The molecule has 1 aliphatic heterocycles. The Morgan fingerprint density at radius 3 is 2.56 bits per heavy atom. The van der Waals surface area contributed by atoms with E-state index in [-0.39, 0.29) is 6.10 Å². The van der Waals surface area contributed by atoms with Gasteiger partial charge in [-0.05, 0) is 37.1 Å². The molecular formula is C13H15NO2. The average molecular weight is 217 g/mol. The number of ether oxygens (including phenoxy) is 2. The summed E-state index contributed by atoms with van der Waals surface area (Å²) in [5.41, 5.74) is 2.72. The molecule has 0 spiro atoms. The van der Waals surface area contributed by atoms with Gasteiger partial charge in [0, 0.05) is 6.42 Å². The van der Waals surface area contributed by atoms with Gasteiger partial charge in [0.05, 0.1) is 24.8 Å². The molecular weight excluding hydrogens is 202 g/mol. The van der Waals surface area contributed by atoms with Crippen molar-refractivity contribution in [1.29, 1.82) is 5.26 Å². The molecule has 1 heterocycles. The van der Waals surface area contributed by atoms with Gasteiger partial charge in [-0.15, -0.1) is 0 Å². The summed E-state index contributed by atoms with van der Waals surface area (Å²) < 4.78 is 11.2. The van der Waals surface area contributed by atoms with Crippen LogP contribution in [0.25, 0.3) is 0 Å². The van der Waals surface area contributed by atoms with Gasteiger partial charge in [-0.1, -0.05) is 0 Å². The summed E-state index contributed by atoms with van der Waals surface area (Å²) in [6, 6.07) is 5.87. The van der Waals surface area contributed by atoms with Gasteiger partial charge in [0.15, 0.2) is 0 Å². The Hall–Kier alpha value is -1.53. The molecule has 1 aromatic rings. The summed E-state index contributed by atoms with van der Waals surface area (Å²) >= 11 is 0. The van der Waals surface area contributed by atoms with Crippen molar-refractivity contribution in [3.8, 4) is 11.8 Å². The van der Waals surface area contributed by atoms with E-state index in [1.165, 1.54) is 0 Å². The van der Waals surface area contributed by atoms with E-state index in [0.29, 0.717) is 12.2 Å². The monoisotopic (exact) mass is 217 g/mol. The number of aryl methyl sites for hydroxylation is 2. The largest absolute Gasteiger partial charge is 0.487 e. The van der Waals surface area contributed by atoms with Gasteiger partial charge in [-0.3, -0.25) is 0 Å². The highest BCUT2D eigenvalue weighted by atomic mass is 16.5. The SMILES string of the molecule is Cc1cc(C#N)cc(C)c1OC1CCOC1.